The van der Waals surface area contributed by atoms with E-state index in [0.717, 1.165) is 25.9 Å². The van der Waals surface area contributed by atoms with E-state index in [2.05, 4.69) is 16.0 Å². The minimum Gasteiger partial charge on any atom is -0.352 e. The molecule has 2 aromatic carbocycles. The van der Waals surface area contributed by atoms with Crippen LogP contribution in [0.25, 0.3) is 0 Å². The second-order valence-corrected chi connectivity index (χ2v) is 6.87. The van der Waals surface area contributed by atoms with E-state index < -0.39 is 0 Å². The van der Waals surface area contributed by atoms with Crippen molar-refractivity contribution in [1.82, 2.24) is 10.6 Å². The van der Waals surface area contributed by atoms with Crippen LogP contribution in [-0.2, 0) is 0 Å². The van der Waals surface area contributed by atoms with Crippen LogP contribution >= 0.6 is 24.0 Å². The first kappa shape index (κ1) is 21.2. The molecule has 2 aromatic rings. The summed E-state index contributed by atoms with van der Waals surface area (Å²) in [5.74, 6) is -0.00972. The minimum atomic E-state index is -0.279. The fraction of sp³-hybridized carbons (Fsp3) is 0.300. The van der Waals surface area contributed by atoms with Crippen LogP contribution < -0.4 is 16.0 Å². The summed E-state index contributed by atoms with van der Waals surface area (Å²) in [6, 6.07) is 13.6. The normalized spacial score (nSPS) is 16.1. The van der Waals surface area contributed by atoms with E-state index >= 15 is 0 Å². The molecule has 3 rings (SSSR count). The molecule has 3 N–H and O–H groups in total. The van der Waals surface area contributed by atoms with Crippen LogP contribution in [0.5, 0.6) is 0 Å². The summed E-state index contributed by atoms with van der Waals surface area (Å²) < 4.78 is 0. The summed E-state index contributed by atoms with van der Waals surface area (Å²) in [5.41, 5.74) is 1.43. The van der Waals surface area contributed by atoms with Crippen LogP contribution in [0, 0.1) is 5.92 Å². The second kappa shape index (κ2) is 10.3. The zero-order chi connectivity index (χ0) is 18.4. The van der Waals surface area contributed by atoms with E-state index in [1.54, 1.807) is 48.5 Å². The fourth-order valence-electron chi connectivity index (χ4n) is 3.02. The summed E-state index contributed by atoms with van der Waals surface area (Å²) >= 11 is 5.85. The van der Waals surface area contributed by atoms with E-state index in [9.17, 15) is 9.59 Å². The van der Waals surface area contributed by atoms with Gasteiger partial charge in [0.05, 0.1) is 11.3 Å². The van der Waals surface area contributed by atoms with Crippen molar-refractivity contribution in [2.45, 2.75) is 12.8 Å². The fourth-order valence-corrected chi connectivity index (χ4v) is 3.14. The Morgan fingerprint density at radius 1 is 1.07 bits per heavy atom. The highest BCUT2D eigenvalue weighted by Gasteiger charge is 2.17. The molecule has 0 radical (unpaired) electrons. The molecule has 1 aliphatic heterocycles. The van der Waals surface area contributed by atoms with Crippen LogP contribution in [0.4, 0.5) is 5.69 Å². The summed E-state index contributed by atoms with van der Waals surface area (Å²) in [7, 11) is 0. The number of carbonyl (C=O) groups is 2. The molecule has 5 nitrogen and oxygen atoms in total. The second-order valence-electron chi connectivity index (χ2n) is 6.43. The van der Waals surface area contributed by atoms with Crippen molar-refractivity contribution in [2.24, 2.45) is 5.92 Å². The number of benzene rings is 2. The standard InChI is InChI=1S/C20H22ClN3O2.ClH/c21-16-9-7-15(8-10-16)19(25)24-18-6-2-1-5-17(18)20(26)23-13-14-4-3-11-22-12-14;/h1-2,5-10,14,22H,3-4,11-13H2,(H,23,26)(H,24,25);1H. The molecule has 0 aromatic heterocycles. The number of rotatable bonds is 5. The number of carbonyl (C=O) groups excluding carboxylic acids is 2. The maximum absolute atomic E-state index is 12.6. The van der Waals surface area contributed by atoms with Crippen LogP contribution in [0.2, 0.25) is 5.02 Å². The molecular weight excluding hydrogens is 385 g/mol. The zero-order valence-electron chi connectivity index (χ0n) is 14.8. The molecule has 0 saturated carbocycles. The van der Waals surface area contributed by atoms with E-state index in [0.29, 0.717) is 34.3 Å². The van der Waals surface area contributed by atoms with Crippen molar-refractivity contribution < 1.29 is 9.59 Å². The molecular formula is C20H23Cl2N3O2. The number of para-hydroxylation sites is 1. The highest BCUT2D eigenvalue weighted by molar-refractivity contribution is 6.30. The van der Waals surface area contributed by atoms with Gasteiger partial charge in [0.15, 0.2) is 0 Å². The van der Waals surface area contributed by atoms with Gasteiger partial charge in [-0.2, -0.15) is 0 Å². The van der Waals surface area contributed by atoms with Gasteiger partial charge in [-0.05, 0) is 68.2 Å². The molecule has 0 bridgehead atoms. The molecule has 1 saturated heterocycles. The van der Waals surface area contributed by atoms with Gasteiger partial charge in [-0.1, -0.05) is 23.7 Å². The lowest BCUT2D eigenvalue weighted by Gasteiger charge is -2.23. The Morgan fingerprint density at radius 3 is 2.52 bits per heavy atom. The van der Waals surface area contributed by atoms with E-state index in [-0.39, 0.29) is 24.2 Å². The van der Waals surface area contributed by atoms with Gasteiger partial charge in [0.1, 0.15) is 0 Å². The maximum atomic E-state index is 12.6. The van der Waals surface area contributed by atoms with Gasteiger partial charge in [-0.15, -0.1) is 12.4 Å². The van der Waals surface area contributed by atoms with Gasteiger partial charge >= 0.3 is 0 Å². The predicted molar refractivity (Wildman–Crippen MR) is 111 cm³/mol. The van der Waals surface area contributed by atoms with Crippen LogP contribution in [0.15, 0.2) is 48.5 Å². The zero-order valence-corrected chi connectivity index (χ0v) is 16.4. The lowest BCUT2D eigenvalue weighted by atomic mass is 9.99. The third kappa shape index (κ3) is 5.96. The van der Waals surface area contributed by atoms with E-state index in [1.807, 2.05) is 0 Å². The molecule has 1 fully saturated rings. The highest BCUT2D eigenvalue weighted by Crippen LogP contribution is 2.18. The number of nitrogens with one attached hydrogen (secondary N) is 3. The van der Waals surface area contributed by atoms with E-state index in [1.165, 1.54) is 0 Å². The number of anilines is 1. The van der Waals surface area contributed by atoms with Gasteiger partial charge < -0.3 is 16.0 Å². The number of halogens is 2. The predicted octanol–water partition coefficient (Wildman–Crippen LogP) is 3.74. The average molecular weight is 408 g/mol. The van der Waals surface area contributed by atoms with Gasteiger partial charge in [0.2, 0.25) is 0 Å². The maximum Gasteiger partial charge on any atom is 0.255 e. The third-order valence-electron chi connectivity index (χ3n) is 4.48. The van der Waals surface area contributed by atoms with Crippen molar-refractivity contribution in [3.63, 3.8) is 0 Å². The summed E-state index contributed by atoms with van der Waals surface area (Å²) in [6.45, 7) is 2.60. The van der Waals surface area contributed by atoms with Crippen LogP contribution in [0.1, 0.15) is 33.6 Å². The van der Waals surface area contributed by atoms with Crippen molar-refractivity contribution >= 4 is 41.5 Å². The Labute approximate surface area is 170 Å². The Morgan fingerprint density at radius 2 is 1.81 bits per heavy atom. The number of piperidine rings is 1. The SMILES string of the molecule is Cl.O=C(Nc1ccccc1C(=O)NCC1CCCNC1)c1ccc(Cl)cc1. The van der Waals surface area contributed by atoms with Crippen molar-refractivity contribution in [1.29, 1.82) is 0 Å². The lowest BCUT2D eigenvalue weighted by molar-refractivity contribution is 0.0945. The Hall–Kier alpha value is -2.08. The molecule has 27 heavy (non-hydrogen) atoms. The molecule has 1 unspecified atom stereocenters. The van der Waals surface area contributed by atoms with Crippen LogP contribution in [0.3, 0.4) is 0 Å². The molecule has 1 heterocycles. The van der Waals surface area contributed by atoms with Crippen molar-refractivity contribution in [3.8, 4) is 0 Å². The Bertz CT molecular complexity index is 775. The lowest BCUT2D eigenvalue weighted by Crippen LogP contribution is -2.38. The highest BCUT2D eigenvalue weighted by atomic mass is 35.5. The molecule has 0 spiro atoms. The average Bonchev–Trinajstić information content (AvgIpc) is 2.68. The molecule has 0 aliphatic carbocycles. The van der Waals surface area contributed by atoms with Crippen molar-refractivity contribution in [3.05, 3.63) is 64.7 Å². The topological polar surface area (TPSA) is 70.2 Å². The number of hydrogen-bond donors (Lipinski definition) is 3. The molecule has 1 atom stereocenters. The molecule has 144 valence electrons. The largest absolute Gasteiger partial charge is 0.352 e. The molecule has 1 aliphatic rings. The first-order valence-electron chi connectivity index (χ1n) is 8.78. The van der Waals surface area contributed by atoms with Crippen molar-refractivity contribution in [2.75, 3.05) is 25.0 Å². The quantitative estimate of drug-likeness (QED) is 0.706. The molecule has 7 heteroatoms. The smallest absolute Gasteiger partial charge is 0.255 e. The summed E-state index contributed by atoms with van der Waals surface area (Å²) in [5, 5.41) is 9.70. The first-order chi connectivity index (χ1) is 12.6. The Balaban J connectivity index is 0.00000261. The number of amides is 2. The van der Waals surface area contributed by atoms with Gasteiger partial charge in [0, 0.05) is 17.1 Å². The van der Waals surface area contributed by atoms with E-state index in [4.69, 9.17) is 11.6 Å². The third-order valence-corrected chi connectivity index (χ3v) is 4.73. The monoisotopic (exact) mass is 407 g/mol. The van der Waals surface area contributed by atoms with Gasteiger partial charge in [0.25, 0.3) is 11.8 Å². The first-order valence-corrected chi connectivity index (χ1v) is 9.16. The minimum absolute atomic E-state index is 0. The van der Waals surface area contributed by atoms with Crippen LogP contribution in [-0.4, -0.2) is 31.4 Å². The van der Waals surface area contributed by atoms with Gasteiger partial charge in [-0.25, -0.2) is 0 Å². The summed E-state index contributed by atoms with van der Waals surface area (Å²) in [6.07, 6.45) is 2.25. The summed E-state index contributed by atoms with van der Waals surface area (Å²) in [4.78, 5) is 25.0. The molecule has 2 amide bonds. The Kier molecular flexibility index (Phi) is 8.10. The van der Waals surface area contributed by atoms with Gasteiger partial charge in [-0.3, -0.25) is 9.59 Å². The number of hydrogen-bond acceptors (Lipinski definition) is 3.